The van der Waals surface area contributed by atoms with E-state index < -0.39 is 30.2 Å². The summed E-state index contributed by atoms with van der Waals surface area (Å²) in [4.78, 5) is 23.8. The number of nitrogens with one attached hydrogen (secondary N) is 1. The Kier molecular flexibility index (Phi) is 6.17. The molecular formula is C19H15ClF3NO5. The highest BCUT2D eigenvalue weighted by Crippen LogP contribution is 2.38. The molecular weight excluding hydrogens is 415 g/mol. The lowest BCUT2D eigenvalue weighted by Crippen LogP contribution is -2.22. The molecule has 0 unspecified atom stereocenters. The maximum absolute atomic E-state index is 12.5. The van der Waals surface area contributed by atoms with Crippen LogP contribution < -0.4 is 14.8 Å². The number of anilines is 1. The van der Waals surface area contributed by atoms with Crippen LogP contribution in [0.4, 0.5) is 18.9 Å². The predicted molar refractivity (Wildman–Crippen MR) is 97.2 cm³/mol. The predicted octanol–water partition coefficient (Wildman–Crippen LogP) is 3.85. The molecule has 0 bridgehead atoms. The van der Waals surface area contributed by atoms with Gasteiger partial charge in [-0.05, 0) is 42.0 Å². The van der Waals surface area contributed by atoms with Gasteiger partial charge >= 0.3 is 12.1 Å². The van der Waals surface area contributed by atoms with Crippen molar-refractivity contribution in [2.24, 2.45) is 0 Å². The van der Waals surface area contributed by atoms with Crippen LogP contribution in [0.25, 0.3) is 0 Å². The molecule has 154 valence electrons. The number of amides is 1. The molecule has 2 aromatic rings. The van der Waals surface area contributed by atoms with Crippen LogP contribution in [0, 0.1) is 0 Å². The minimum absolute atomic E-state index is 0.149. The summed E-state index contributed by atoms with van der Waals surface area (Å²) in [7, 11) is 0. The number of hydrogen-bond donors (Lipinski definition) is 1. The number of benzene rings is 2. The Bertz CT molecular complexity index is 915. The van der Waals surface area contributed by atoms with E-state index >= 15 is 0 Å². The Hall–Kier alpha value is -2.94. The summed E-state index contributed by atoms with van der Waals surface area (Å²) in [6, 6.07) is 7.04. The fourth-order valence-electron chi connectivity index (χ4n) is 2.57. The molecule has 0 fully saturated rings. The van der Waals surface area contributed by atoms with Gasteiger partial charge in [-0.25, -0.2) is 0 Å². The second-order valence-electron chi connectivity index (χ2n) is 6.06. The minimum Gasteiger partial charge on any atom is -0.486 e. The summed E-state index contributed by atoms with van der Waals surface area (Å²) in [6.45, 7) is 0.154. The highest BCUT2D eigenvalue weighted by atomic mass is 35.5. The molecule has 0 aromatic heterocycles. The monoisotopic (exact) mass is 429 g/mol. The van der Waals surface area contributed by atoms with E-state index in [0.29, 0.717) is 35.3 Å². The van der Waals surface area contributed by atoms with Gasteiger partial charge in [-0.15, -0.1) is 0 Å². The zero-order valence-electron chi connectivity index (χ0n) is 14.8. The second kappa shape index (κ2) is 8.60. The van der Waals surface area contributed by atoms with E-state index in [1.165, 1.54) is 0 Å². The Labute approximate surface area is 168 Å². The van der Waals surface area contributed by atoms with Gasteiger partial charge in [0.05, 0.1) is 17.0 Å². The van der Waals surface area contributed by atoms with Crippen LogP contribution in [-0.4, -0.2) is 31.7 Å². The molecule has 0 spiro atoms. The molecule has 0 aliphatic carbocycles. The lowest BCUT2D eigenvalue weighted by Gasteiger charge is -2.20. The van der Waals surface area contributed by atoms with Gasteiger partial charge in [0.15, 0.2) is 18.1 Å². The SMILES string of the molecule is O=C(COC(=O)Cc1cc(Cl)c2c(c1)OCCO2)Nc1ccc(C(F)(F)F)cc1. The Morgan fingerprint density at radius 3 is 2.48 bits per heavy atom. The molecule has 0 saturated carbocycles. The molecule has 1 N–H and O–H groups in total. The lowest BCUT2D eigenvalue weighted by molar-refractivity contribution is -0.146. The summed E-state index contributed by atoms with van der Waals surface area (Å²) in [6.07, 6.45) is -4.61. The van der Waals surface area contributed by atoms with E-state index in [1.54, 1.807) is 12.1 Å². The van der Waals surface area contributed by atoms with E-state index in [0.717, 1.165) is 24.3 Å². The van der Waals surface area contributed by atoms with Crippen molar-refractivity contribution in [3.05, 3.63) is 52.5 Å². The van der Waals surface area contributed by atoms with Crippen LogP contribution in [-0.2, 0) is 26.9 Å². The van der Waals surface area contributed by atoms with Crippen LogP contribution in [0.15, 0.2) is 36.4 Å². The molecule has 2 aromatic carbocycles. The molecule has 1 aliphatic heterocycles. The smallest absolute Gasteiger partial charge is 0.416 e. The van der Waals surface area contributed by atoms with Crippen molar-refractivity contribution in [2.75, 3.05) is 25.1 Å². The highest BCUT2D eigenvalue weighted by molar-refractivity contribution is 6.32. The van der Waals surface area contributed by atoms with E-state index in [4.69, 9.17) is 25.8 Å². The topological polar surface area (TPSA) is 73.9 Å². The van der Waals surface area contributed by atoms with Crippen LogP contribution in [0.3, 0.4) is 0 Å². The summed E-state index contributed by atoms with van der Waals surface area (Å²) in [5, 5.41) is 2.65. The number of esters is 1. The number of alkyl halides is 3. The molecule has 1 aliphatic rings. The minimum atomic E-state index is -4.46. The summed E-state index contributed by atoms with van der Waals surface area (Å²) in [5.74, 6) is -0.531. The van der Waals surface area contributed by atoms with Gasteiger partial charge in [0.1, 0.15) is 13.2 Å². The molecule has 3 rings (SSSR count). The number of fused-ring (bicyclic) bond motifs is 1. The number of hydrogen-bond acceptors (Lipinski definition) is 5. The summed E-state index contributed by atoms with van der Waals surface area (Å²) < 4.78 is 53.3. The number of halogens is 4. The molecule has 0 saturated heterocycles. The summed E-state index contributed by atoms with van der Waals surface area (Å²) >= 11 is 6.10. The summed E-state index contributed by atoms with van der Waals surface area (Å²) in [5.41, 5.74) is -0.162. The van der Waals surface area contributed by atoms with Gasteiger partial charge in [0, 0.05) is 5.69 Å². The van der Waals surface area contributed by atoms with E-state index in [9.17, 15) is 22.8 Å². The Balaban J connectivity index is 1.50. The fraction of sp³-hybridized carbons (Fsp3) is 0.263. The van der Waals surface area contributed by atoms with Gasteiger partial charge in [-0.2, -0.15) is 13.2 Å². The van der Waals surface area contributed by atoms with Gasteiger partial charge in [0.2, 0.25) is 0 Å². The van der Waals surface area contributed by atoms with Crippen molar-refractivity contribution < 1.29 is 37.0 Å². The molecule has 1 heterocycles. The van der Waals surface area contributed by atoms with Gasteiger partial charge < -0.3 is 19.5 Å². The second-order valence-corrected chi connectivity index (χ2v) is 6.47. The first-order chi connectivity index (χ1) is 13.7. The number of carbonyl (C=O) groups is 2. The average Bonchev–Trinajstić information content (AvgIpc) is 2.66. The van der Waals surface area contributed by atoms with Gasteiger partial charge in [-0.3, -0.25) is 9.59 Å². The van der Waals surface area contributed by atoms with Crippen molar-refractivity contribution in [1.82, 2.24) is 0 Å². The van der Waals surface area contributed by atoms with Crippen LogP contribution in [0.5, 0.6) is 11.5 Å². The first-order valence-electron chi connectivity index (χ1n) is 8.43. The van der Waals surface area contributed by atoms with E-state index in [-0.39, 0.29) is 12.1 Å². The van der Waals surface area contributed by atoms with E-state index in [1.807, 2.05) is 0 Å². The molecule has 1 amide bonds. The fourth-order valence-corrected chi connectivity index (χ4v) is 2.86. The van der Waals surface area contributed by atoms with Crippen LogP contribution in [0.2, 0.25) is 5.02 Å². The zero-order valence-corrected chi connectivity index (χ0v) is 15.6. The van der Waals surface area contributed by atoms with Crippen molar-refractivity contribution in [2.45, 2.75) is 12.6 Å². The molecule has 29 heavy (non-hydrogen) atoms. The molecule has 0 radical (unpaired) electrons. The average molecular weight is 430 g/mol. The third-order valence-electron chi connectivity index (χ3n) is 3.87. The van der Waals surface area contributed by atoms with Crippen LogP contribution >= 0.6 is 11.6 Å². The first-order valence-corrected chi connectivity index (χ1v) is 8.81. The van der Waals surface area contributed by atoms with Crippen molar-refractivity contribution in [3.8, 4) is 11.5 Å². The maximum atomic E-state index is 12.5. The quantitative estimate of drug-likeness (QED) is 0.731. The molecule has 0 atom stereocenters. The third kappa shape index (κ3) is 5.54. The van der Waals surface area contributed by atoms with Crippen LogP contribution in [0.1, 0.15) is 11.1 Å². The van der Waals surface area contributed by atoms with Crippen molar-refractivity contribution in [1.29, 1.82) is 0 Å². The molecule has 6 nitrogen and oxygen atoms in total. The van der Waals surface area contributed by atoms with Gasteiger partial charge in [0.25, 0.3) is 5.91 Å². The van der Waals surface area contributed by atoms with Crippen molar-refractivity contribution >= 4 is 29.2 Å². The maximum Gasteiger partial charge on any atom is 0.416 e. The standard InChI is InChI=1S/C19H15ClF3NO5/c20-14-7-11(8-15-18(14)28-6-5-27-15)9-17(26)29-10-16(25)24-13-3-1-12(2-4-13)19(21,22)23/h1-4,7-8H,5-6,9-10H2,(H,24,25). The highest BCUT2D eigenvalue weighted by Gasteiger charge is 2.30. The van der Waals surface area contributed by atoms with Crippen molar-refractivity contribution in [3.63, 3.8) is 0 Å². The third-order valence-corrected chi connectivity index (χ3v) is 4.15. The largest absolute Gasteiger partial charge is 0.486 e. The number of rotatable bonds is 5. The number of ether oxygens (including phenoxy) is 3. The van der Waals surface area contributed by atoms with E-state index in [2.05, 4.69) is 5.32 Å². The Morgan fingerprint density at radius 2 is 1.79 bits per heavy atom. The number of carbonyl (C=O) groups excluding carboxylic acids is 2. The lowest BCUT2D eigenvalue weighted by atomic mass is 10.1. The first kappa shape index (κ1) is 20.8. The van der Waals surface area contributed by atoms with Gasteiger partial charge in [-0.1, -0.05) is 11.6 Å². The normalized spacial score (nSPS) is 13.0. The molecule has 10 heteroatoms. The Morgan fingerprint density at radius 1 is 1.10 bits per heavy atom. The zero-order chi connectivity index (χ0) is 21.0.